The van der Waals surface area contributed by atoms with Crippen molar-refractivity contribution < 1.29 is 4.79 Å². The van der Waals surface area contributed by atoms with E-state index in [9.17, 15) is 4.79 Å². The highest BCUT2D eigenvalue weighted by atomic mass is 16.2. The minimum absolute atomic E-state index is 0.189. The minimum atomic E-state index is -0.228. The quantitative estimate of drug-likeness (QED) is 0.710. The molecule has 1 aliphatic heterocycles. The Kier molecular flexibility index (Phi) is 3.58. The molecule has 0 saturated carbocycles. The zero-order valence-electron chi connectivity index (χ0n) is 9.36. The summed E-state index contributed by atoms with van der Waals surface area (Å²) < 4.78 is 0. The number of urea groups is 1. The first-order valence-electron chi connectivity index (χ1n) is 5.56. The van der Waals surface area contributed by atoms with E-state index in [1.807, 2.05) is 6.07 Å². The number of hydrogen-bond acceptors (Lipinski definition) is 3. The van der Waals surface area contributed by atoms with Crippen LogP contribution in [0.1, 0.15) is 12.0 Å². The molecule has 3 N–H and O–H groups in total. The van der Waals surface area contributed by atoms with Crippen LogP contribution in [0.5, 0.6) is 0 Å². The van der Waals surface area contributed by atoms with Crippen molar-refractivity contribution >= 4 is 11.7 Å². The molecule has 1 aliphatic rings. The van der Waals surface area contributed by atoms with Gasteiger partial charge in [-0.3, -0.25) is 0 Å². The number of carbonyl (C=O) groups is 1. The van der Waals surface area contributed by atoms with Gasteiger partial charge in [0, 0.05) is 18.3 Å². The smallest absolute Gasteiger partial charge is 0.319 e. The first-order valence-corrected chi connectivity index (χ1v) is 5.56. The van der Waals surface area contributed by atoms with Crippen LogP contribution in [0.15, 0.2) is 24.3 Å². The maximum Gasteiger partial charge on any atom is 0.319 e. The summed E-state index contributed by atoms with van der Waals surface area (Å²) in [5.74, 6) is 0. The molecule has 0 aliphatic carbocycles. The van der Waals surface area contributed by atoms with Gasteiger partial charge in [-0.05, 0) is 31.2 Å². The van der Waals surface area contributed by atoms with Gasteiger partial charge in [0.2, 0.25) is 0 Å². The number of hydrogen-bond donors (Lipinski definition) is 3. The molecule has 1 fully saturated rings. The number of rotatable bonds is 2. The lowest BCUT2D eigenvalue weighted by atomic mass is 10.2. The lowest BCUT2D eigenvalue weighted by Crippen LogP contribution is -2.39. The van der Waals surface area contributed by atoms with Crippen LogP contribution in [0.2, 0.25) is 0 Å². The van der Waals surface area contributed by atoms with Crippen LogP contribution in [0.3, 0.4) is 0 Å². The molecule has 2 amide bonds. The zero-order valence-corrected chi connectivity index (χ0v) is 9.36. The molecule has 5 nitrogen and oxygen atoms in total. The van der Waals surface area contributed by atoms with Crippen molar-refractivity contribution in [1.82, 2.24) is 10.6 Å². The van der Waals surface area contributed by atoms with Crippen LogP contribution in [0.25, 0.3) is 0 Å². The molecular weight excluding hydrogens is 216 g/mol. The molecule has 1 aromatic rings. The molecule has 0 unspecified atom stereocenters. The number of nitriles is 1. The van der Waals surface area contributed by atoms with Crippen molar-refractivity contribution in [3.8, 4) is 6.07 Å². The van der Waals surface area contributed by atoms with Gasteiger partial charge in [0.05, 0.1) is 11.6 Å². The molecule has 2 rings (SSSR count). The van der Waals surface area contributed by atoms with Gasteiger partial charge < -0.3 is 16.0 Å². The van der Waals surface area contributed by atoms with Crippen LogP contribution in [-0.4, -0.2) is 25.2 Å². The predicted octanol–water partition coefficient (Wildman–Crippen LogP) is 1.04. The maximum atomic E-state index is 11.6. The molecule has 0 radical (unpaired) electrons. The second-order valence-electron chi connectivity index (χ2n) is 3.98. The summed E-state index contributed by atoms with van der Waals surface area (Å²) >= 11 is 0. The Morgan fingerprint density at radius 3 is 3.12 bits per heavy atom. The Morgan fingerprint density at radius 1 is 1.53 bits per heavy atom. The van der Waals surface area contributed by atoms with Gasteiger partial charge in [0.15, 0.2) is 0 Å². The minimum Gasteiger partial charge on any atom is -0.334 e. The molecule has 1 aromatic carbocycles. The molecular formula is C12H14N4O. The Balaban J connectivity index is 1.91. The van der Waals surface area contributed by atoms with Gasteiger partial charge in [-0.1, -0.05) is 6.07 Å². The highest BCUT2D eigenvalue weighted by Crippen LogP contribution is 2.09. The van der Waals surface area contributed by atoms with E-state index in [1.165, 1.54) is 0 Å². The molecule has 0 aromatic heterocycles. The summed E-state index contributed by atoms with van der Waals surface area (Å²) in [6.07, 6.45) is 0.950. The molecule has 88 valence electrons. The van der Waals surface area contributed by atoms with Crippen LogP contribution in [-0.2, 0) is 0 Å². The highest BCUT2D eigenvalue weighted by Gasteiger charge is 2.16. The van der Waals surface area contributed by atoms with E-state index in [0.717, 1.165) is 19.5 Å². The second-order valence-corrected chi connectivity index (χ2v) is 3.98. The maximum absolute atomic E-state index is 11.6. The first kappa shape index (κ1) is 11.4. The fourth-order valence-corrected chi connectivity index (χ4v) is 1.80. The average molecular weight is 230 g/mol. The fraction of sp³-hybridized carbons (Fsp3) is 0.333. The largest absolute Gasteiger partial charge is 0.334 e. The molecule has 17 heavy (non-hydrogen) atoms. The van der Waals surface area contributed by atoms with E-state index in [1.54, 1.807) is 24.3 Å². The van der Waals surface area contributed by atoms with Gasteiger partial charge in [0.25, 0.3) is 0 Å². The van der Waals surface area contributed by atoms with Crippen LogP contribution in [0.4, 0.5) is 10.5 Å². The van der Waals surface area contributed by atoms with E-state index in [-0.39, 0.29) is 12.1 Å². The summed E-state index contributed by atoms with van der Waals surface area (Å²) in [5, 5.41) is 17.5. The fourth-order valence-electron chi connectivity index (χ4n) is 1.80. The van der Waals surface area contributed by atoms with Crippen LogP contribution < -0.4 is 16.0 Å². The van der Waals surface area contributed by atoms with Crippen LogP contribution in [0, 0.1) is 11.3 Å². The number of nitrogens with one attached hydrogen (secondary N) is 3. The first-order chi connectivity index (χ1) is 8.28. The SMILES string of the molecule is N#Cc1cccc(NC(=O)N[C@H]2CCNC2)c1. The number of anilines is 1. The third-order valence-electron chi connectivity index (χ3n) is 2.65. The van der Waals surface area contributed by atoms with Gasteiger partial charge >= 0.3 is 6.03 Å². The standard InChI is InChI=1S/C12H14N4O/c13-7-9-2-1-3-10(6-9)15-12(17)16-11-4-5-14-8-11/h1-3,6,11,14H,4-5,8H2,(H2,15,16,17)/t11-/m0/s1. The number of amides is 2. The van der Waals surface area contributed by atoms with Gasteiger partial charge in [0.1, 0.15) is 0 Å². The van der Waals surface area contributed by atoms with Gasteiger partial charge in [-0.2, -0.15) is 5.26 Å². The van der Waals surface area contributed by atoms with Crippen molar-refractivity contribution in [2.24, 2.45) is 0 Å². The van der Waals surface area contributed by atoms with Gasteiger partial charge in [-0.25, -0.2) is 4.79 Å². The Morgan fingerprint density at radius 2 is 2.41 bits per heavy atom. The second kappa shape index (κ2) is 5.32. The molecule has 5 heteroatoms. The molecule has 0 spiro atoms. The summed E-state index contributed by atoms with van der Waals surface area (Å²) in [6, 6.07) is 8.84. The Bertz CT molecular complexity index is 446. The number of carbonyl (C=O) groups excluding carboxylic acids is 1. The third-order valence-corrected chi connectivity index (χ3v) is 2.65. The normalized spacial score (nSPS) is 18.4. The van der Waals surface area contributed by atoms with Gasteiger partial charge in [-0.15, -0.1) is 0 Å². The summed E-state index contributed by atoms with van der Waals surface area (Å²) in [5.41, 5.74) is 1.16. The molecule has 1 saturated heterocycles. The lowest BCUT2D eigenvalue weighted by Gasteiger charge is -2.12. The summed E-state index contributed by atoms with van der Waals surface area (Å²) in [4.78, 5) is 11.6. The lowest BCUT2D eigenvalue weighted by molar-refractivity contribution is 0.249. The van der Waals surface area contributed by atoms with Crippen molar-refractivity contribution in [1.29, 1.82) is 5.26 Å². The summed E-state index contributed by atoms with van der Waals surface area (Å²) in [7, 11) is 0. The van der Waals surface area contributed by atoms with Crippen molar-refractivity contribution in [3.63, 3.8) is 0 Å². The van der Waals surface area contributed by atoms with Crippen molar-refractivity contribution in [2.75, 3.05) is 18.4 Å². The van der Waals surface area contributed by atoms with E-state index >= 15 is 0 Å². The van der Waals surface area contributed by atoms with Crippen molar-refractivity contribution in [3.05, 3.63) is 29.8 Å². The average Bonchev–Trinajstić information content (AvgIpc) is 2.82. The molecule has 0 bridgehead atoms. The third kappa shape index (κ3) is 3.20. The Labute approximate surface area is 99.8 Å². The van der Waals surface area contributed by atoms with Crippen LogP contribution >= 0.6 is 0 Å². The van der Waals surface area contributed by atoms with E-state index in [2.05, 4.69) is 16.0 Å². The molecule has 1 atom stereocenters. The predicted molar refractivity (Wildman–Crippen MR) is 64.6 cm³/mol. The summed E-state index contributed by atoms with van der Waals surface area (Å²) in [6.45, 7) is 1.75. The topological polar surface area (TPSA) is 77.0 Å². The van der Waals surface area contributed by atoms with E-state index in [0.29, 0.717) is 11.3 Å². The zero-order chi connectivity index (χ0) is 12.1. The number of benzene rings is 1. The highest BCUT2D eigenvalue weighted by molar-refractivity contribution is 5.89. The number of nitrogens with zero attached hydrogens (tertiary/aromatic N) is 1. The van der Waals surface area contributed by atoms with Crippen molar-refractivity contribution in [2.45, 2.75) is 12.5 Å². The monoisotopic (exact) mass is 230 g/mol. The molecule has 1 heterocycles. The van der Waals surface area contributed by atoms with E-state index in [4.69, 9.17) is 5.26 Å². The van der Waals surface area contributed by atoms with E-state index < -0.39 is 0 Å². The Hall–Kier alpha value is -2.06.